The molecule has 0 aliphatic rings. The minimum Gasteiger partial charge on any atom is -0.457 e. The zero-order valence-corrected chi connectivity index (χ0v) is 21.8. The van der Waals surface area contributed by atoms with Gasteiger partial charge in [-0.3, -0.25) is 9.78 Å². The highest BCUT2D eigenvalue weighted by Crippen LogP contribution is 2.34. The molecule has 0 aliphatic carbocycles. The Kier molecular flexibility index (Phi) is 8.24. The van der Waals surface area contributed by atoms with Crippen molar-refractivity contribution in [1.82, 2.24) is 19.9 Å². The molecule has 0 bridgehead atoms. The maximum atomic E-state index is 12.8. The van der Waals surface area contributed by atoms with Crippen molar-refractivity contribution in [3.63, 3.8) is 0 Å². The van der Waals surface area contributed by atoms with E-state index in [0.717, 1.165) is 5.52 Å². The van der Waals surface area contributed by atoms with Gasteiger partial charge < -0.3 is 29.4 Å². The molecule has 2 aromatic heterocycles. The molecular weight excluding hydrogens is 515 g/mol. The SMILES string of the molecule is COCCNC(=O)c1cc(Oc2ccc3c(c2)nc(Nc2ccc(OC(F)(F)F)c(C(C)C)c2)n3C)ccn1.[HH].[HH]. The predicted octanol–water partition coefficient (Wildman–Crippen LogP) is 6.39. The van der Waals surface area contributed by atoms with E-state index >= 15 is 0 Å². The van der Waals surface area contributed by atoms with Crippen molar-refractivity contribution >= 4 is 28.6 Å². The monoisotopic (exact) mass is 547 g/mol. The lowest BCUT2D eigenvalue weighted by Crippen LogP contribution is -2.27. The van der Waals surface area contributed by atoms with Crippen LogP contribution in [0.4, 0.5) is 24.8 Å². The number of benzene rings is 2. The molecular formula is C27H32F3N5O4. The number of hydrogen-bond donors (Lipinski definition) is 2. The van der Waals surface area contributed by atoms with Crippen LogP contribution in [-0.2, 0) is 11.8 Å². The number of rotatable bonds is 10. The average molecular weight is 548 g/mol. The lowest BCUT2D eigenvalue weighted by atomic mass is 10.0. The normalized spacial score (nSPS) is 11.6. The fourth-order valence-electron chi connectivity index (χ4n) is 3.87. The number of alkyl halides is 3. The average Bonchev–Trinajstić information content (AvgIpc) is 3.18. The first-order valence-corrected chi connectivity index (χ1v) is 12.1. The van der Waals surface area contributed by atoms with Crippen LogP contribution in [0.25, 0.3) is 11.0 Å². The molecule has 0 spiro atoms. The first-order chi connectivity index (χ1) is 18.5. The van der Waals surface area contributed by atoms with Gasteiger partial charge in [-0.25, -0.2) is 4.98 Å². The maximum Gasteiger partial charge on any atom is 0.573 e. The van der Waals surface area contributed by atoms with E-state index in [9.17, 15) is 18.0 Å². The van der Waals surface area contributed by atoms with Crippen molar-refractivity contribution in [2.75, 3.05) is 25.6 Å². The van der Waals surface area contributed by atoms with E-state index in [2.05, 4.69) is 25.3 Å². The Hall–Kier alpha value is -4.32. The Morgan fingerprint density at radius 3 is 2.59 bits per heavy atom. The van der Waals surface area contributed by atoms with Crippen molar-refractivity contribution < 1.29 is 35.0 Å². The fourth-order valence-corrected chi connectivity index (χ4v) is 3.87. The number of amides is 1. The Balaban J connectivity index is 0.00000294. The Labute approximate surface area is 225 Å². The zero-order chi connectivity index (χ0) is 28.2. The van der Waals surface area contributed by atoms with Gasteiger partial charge in [0.1, 0.15) is 22.9 Å². The number of fused-ring (bicyclic) bond motifs is 1. The van der Waals surface area contributed by atoms with Crippen LogP contribution in [0.2, 0.25) is 0 Å². The topological polar surface area (TPSA) is 99.5 Å². The number of carbonyl (C=O) groups is 1. The summed E-state index contributed by atoms with van der Waals surface area (Å²) in [6.45, 7) is 4.33. The second kappa shape index (κ2) is 11.6. The van der Waals surface area contributed by atoms with E-state index in [-0.39, 0.29) is 26.1 Å². The molecule has 0 fully saturated rings. The van der Waals surface area contributed by atoms with E-state index in [4.69, 9.17) is 9.47 Å². The quantitative estimate of drug-likeness (QED) is 0.222. The summed E-state index contributed by atoms with van der Waals surface area (Å²) in [5.74, 6) is 0.640. The molecule has 2 heterocycles. The van der Waals surface area contributed by atoms with Gasteiger partial charge in [0.05, 0.1) is 17.6 Å². The van der Waals surface area contributed by atoms with Gasteiger partial charge in [-0.15, -0.1) is 13.2 Å². The molecule has 2 aromatic carbocycles. The largest absolute Gasteiger partial charge is 0.573 e. The third kappa shape index (κ3) is 6.96. The van der Waals surface area contributed by atoms with E-state index in [1.54, 1.807) is 45.2 Å². The van der Waals surface area contributed by atoms with Gasteiger partial charge in [-0.2, -0.15) is 0 Å². The lowest BCUT2D eigenvalue weighted by molar-refractivity contribution is -0.274. The number of methoxy groups -OCH3 is 1. The van der Waals surface area contributed by atoms with Gasteiger partial charge in [0.15, 0.2) is 0 Å². The number of pyridine rings is 1. The van der Waals surface area contributed by atoms with E-state index in [1.165, 1.54) is 24.4 Å². The molecule has 4 rings (SSSR count). The number of ether oxygens (including phenoxy) is 3. The molecule has 9 nitrogen and oxygen atoms in total. The smallest absolute Gasteiger partial charge is 0.457 e. The number of anilines is 2. The molecule has 0 saturated heterocycles. The van der Waals surface area contributed by atoms with Crippen LogP contribution in [-0.4, -0.2) is 47.1 Å². The van der Waals surface area contributed by atoms with E-state index in [0.29, 0.717) is 47.4 Å². The summed E-state index contributed by atoms with van der Waals surface area (Å²) in [7, 11) is 3.37. The Morgan fingerprint density at radius 2 is 1.87 bits per heavy atom. The molecule has 4 aromatic rings. The molecule has 0 radical (unpaired) electrons. The molecule has 0 atom stereocenters. The molecule has 39 heavy (non-hydrogen) atoms. The van der Waals surface area contributed by atoms with Crippen LogP contribution < -0.4 is 20.1 Å². The van der Waals surface area contributed by atoms with Crippen LogP contribution in [0.1, 0.15) is 38.7 Å². The number of nitrogens with one attached hydrogen (secondary N) is 2. The van der Waals surface area contributed by atoms with Crippen molar-refractivity contribution in [2.24, 2.45) is 7.05 Å². The second-order valence-corrected chi connectivity index (χ2v) is 8.95. The molecule has 2 N–H and O–H groups in total. The van der Waals surface area contributed by atoms with Crippen molar-refractivity contribution in [2.45, 2.75) is 26.1 Å². The third-order valence-electron chi connectivity index (χ3n) is 5.76. The van der Waals surface area contributed by atoms with Gasteiger partial charge in [-0.1, -0.05) is 13.8 Å². The van der Waals surface area contributed by atoms with E-state index < -0.39 is 6.36 Å². The van der Waals surface area contributed by atoms with Crippen LogP contribution in [0.5, 0.6) is 17.2 Å². The molecule has 210 valence electrons. The van der Waals surface area contributed by atoms with Crippen LogP contribution in [0.3, 0.4) is 0 Å². The van der Waals surface area contributed by atoms with Crippen LogP contribution in [0, 0.1) is 0 Å². The van der Waals surface area contributed by atoms with Gasteiger partial charge in [-0.05, 0) is 47.9 Å². The molecule has 12 heteroatoms. The number of carbonyl (C=O) groups excluding carboxylic acids is 1. The fraction of sp³-hybridized carbons (Fsp3) is 0.296. The van der Waals surface area contributed by atoms with Crippen molar-refractivity contribution in [3.8, 4) is 17.2 Å². The number of imidazole rings is 1. The second-order valence-electron chi connectivity index (χ2n) is 8.95. The van der Waals surface area contributed by atoms with Crippen molar-refractivity contribution in [3.05, 3.63) is 66.0 Å². The molecule has 1 amide bonds. The molecule has 0 aliphatic heterocycles. The number of hydrogen-bond acceptors (Lipinski definition) is 7. The molecule has 0 unspecified atom stereocenters. The highest BCUT2D eigenvalue weighted by atomic mass is 19.4. The number of aryl methyl sites for hydroxylation is 1. The van der Waals surface area contributed by atoms with Gasteiger partial charge in [0, 0.05) is 47.6 Å². The zero-order valence-electron chi connectivity index (χ0n) is 21.8. The highest BCUT2D eigenvalue weighted by Gasteiger charge is 2.32. The summed E-state index contributed by atoms with van der Waals surface area (Å²) in [5.41, 5.74) is 2.62. The van der Waals surface area contributed by atoms with E-state index in [1.807, 2.05) is 17.7 Å². The first kappa shape index (κ1) is 27.7. The maximum absolute atomic E-state index is 12.8. The summed E-state index contributed by atoms with van der Waals surface area (Å²) in [5, 5.41) is 5.88. The van der Waals surface area contributed by atoms with Crippen LogP contribution in [0.15, 0.2) is 54.7 Å². The van der Waals surface area contributed by atoms with Crippen molar-refractivity contribution in [1.29, 1.82) is 0 Å². The first-order valence-electron chi connectivity index (χ1n) is 12.1. The van der Waals surface area contributed by atoms with Gasteiger partial charge >= 0.3 is 6.36 Å². The Morgan fingerprint density at radius 1 is 1.10 bits per heavy atom. The number of nitrogens with zero attached hydrogens (tertiary/aromatic N) is 3. The summed E-state index contributed by atoms with van der Waals surface area (Å²) < 4.78 is 55.3. The number of aromatic nitrogens is 3. The molecule has 0 saturated carbocycles. The van der Waals surface area contributed by atoms with Gasteiger partial charge in [0.25, 0.3) is 5.91 Å². The standard InChI is InChI=1S/C27H28F3N5O4.2H2/c1-16(2)20-13-17(5-8-24(20)39-27(28,29)30)33-26-34-21-14-18(6-7-23(21)35(26)3)38-19-9-10-31-22(15-19)25(36)32-11-12-37-4;;/h5-10,13-16H,11-12H2,1-4H3,(H,32,36)(H,33,34);2*1H. The summed E-state index contributed by atoms with van der Waals surface area (Å²) in [6.07, 6.45) is -3.29. The highest BCUT2D eigenvalue weighted by molar-refractivity contribution is 5.92. The minimum atomic E-state index is -4.77. The lowest BCUT2D eigenvalue weighted by Gasteiger charge is -2.17. The van der Waals surface area contributed by atoms with Gasteiger partial charge in [0.2, 0.25) is 5.95 Å². The van der Waals surface area contributed by atoms with Crippen LogP contribution >= 0.6 is 0 Å². The summed E-state index contributed by atoms with van der Waals surface area (Å²) >= 11 is 0. The number of halogens is 3. The summed E-state index contributed by atoms with van der Waals surface area (Å²) in [4.78, 5) is 21.0. The Bertz CT molecular complexity index is 1480. The predicted molar refractivity (Wildman–Crippen MR) is 144 cm³/mol. The third-order valence-corrected chi connectivity index (χ3v) is 5.76. The minimum absolute atomic E-state index is 0. The summed E-state index contributed by atoms with van der Waals surface area (Å²) in [6, 6.07) is 12.9.